The van der Waals surface area contributed by atoms with E-state index in [9.17, 15) is 9.59 Å². The number of hydrogen-bond donors (Lipinski definition) is 0. The highest BCUT2D eigenvalue weighted by molar-refractivity contribution is 6.23. The van der Waals surface area contributed by atoms with E-state index >= 15 is 0 Å². The molecule has 3 aromatic rings. The van der Waals surface area contributed by atoms with Crippen molar-refractivity contribution in [2.24, 2.45) is 11.8 Å². The number of carbonyl (C=O) groups is 2. The second-order valence-electron chi connectivity index (χ2n) is 8.75. The second-order valence-corrected chi connectivity index (χ2v) is 8.75. The van der Waals surface area contributed by atoms with Gasteiger partial charge in [-0.25, -0.2) is 4.90 Å². The Labute approximate surface area is 181 Å². The molecule has 1 fully saturated rings. The third-order valence-electron chi connectivity index (χ3n) is 7.69. The molecule has 3 atom stereocenters. The minimum atomic E-state index is -0.711. The van der Waals surface area contributed by atoms with Gasteiger partial charge in [0.15, 0.2) is 0 Å². The van der Waals surface area contributed by atoms with E-state index in [0.717, 1.165) is 22.3 Å². The molecule has 154 valence electrons. The summed E-state index contributed by atoms with van der Waals surface area (Å²) >= 11 is 0. The topological polar surface area (TPSA) is 46.6 Å². The summed E-state index contributed by atoms with van der Waals surface area (Å²) in [6.07, 6.45) is -0.281. The average molecular weight is 409 g/mol. The summed E-state index contributed by atoms with van der Waals surface area (Å²) in [6.45, 7) is 2.03. The molecule has 31 heavy (non-hydrogen) atoms. The first-order chi connectivity index (χ1) is 15.1. The molecule has 1 saturated heterocycles. The third-order valence-corrected chi connectivity index (χ3v) is 7.69. The maximum Gasteiger partial charge on any atom is 0.239 e. The van der Waals surface area contributed by atoms with Gasteiger partial charge in [-0.2, -0.15) is 0 Å². The average Bonchev–Trinajstić information content (AvgIpc) is 3.10. The highest BCUT2D eigenvalue weighted by Gasteiger charge is 2.69. The smallest absolute Gasteiger partial charge is 0.239 e. The van der Waals surface area contributed by atoms with Crippen molar-refractivity contribution in [1.29, 1.82) is 0 Å². The van der Waals surface area contributed by atoms with E-state index in [1.807, 2.05) is 61.5 Å². The van der Waals surface area contributed by atoms with Crippen LogP contribution in [-0.2, 0) is 19.7 Å². The van der Waals surface area contributed by atoms with Crippen LogP contribution in [0.4, 0.5) is 5.69 Å². The number of anilines is 1. The van der Waals surface area contributed by atoms with Crippen LogP contribution in [0.25, 0.3) is 0 Å². The van der Waals surface area contributed by atoms with Crippen molar-refractivity contribution in [1.82, 2.24) is 0 Å². The van der Waals surface area contributed by atoms with Gasteiger partial charge < -0.3 is 4.74 Å². The molecule has 7 rings (SSSR count). The van der Waals surface area contributed by atoms with Gasteiger partial charge in [0, 0.05) is 13.0 Å². The standard InChI is InChI=1S/C27H23NO3/c1-16(31-2)27-20-14-8-6-12-18(20)22(19-13-7-9-15-21(19)27)23-24(27)26(30)28(25(23)29)17-10-4-3-5-11-17/h3-16,22-24H,1-2H3/t16-,22?,23-,24+,27?/m1/s1. The Morgan fingerprint density at radius 3 is 1.94 bits per heavy atom. The SMILES string of the molecule is CO[C@H](C)C12c3ccccc3C(c3ccccc31)[C@H]1C(=O)N(c3ccccc3)C(=O)[C@H]12. The van der Waals surface area contributed by atoms with Crippen LogP contribution in [0.1, 0.15) is 35.1 Å². The summed E-state index contributed by atoms with van der Waals surface area (Å²) in [5.74, 6) is -1.30. The van der Waals surface area contributed by atoms with Gasteiger partial charge in [-0.05, 0) is 41.3 Å². The molecule has 0 N–H and O–H groups in total. The number of rotatable bonds is 3. The zero-order valence-corrected chi connectivity index (χ0v) is 17.5. The summed E-state index contributed by atoms with van der Waals surface area (Å²) in [6, 6.07) is 25.9. The first-order valence-electron chi connectivity index (χ1n) is 10.8. The van der Waals surface area contributed by atoms with Gasteiger partial charge in [0.25, 0.3) is 0 Å². The van der Waals surface area contributed by atoms with Crippen molar-refractivity contribution in [3.63, 3.8) is 0 Å². The molecule has 2 amide bonds. The summed E-state index contributed by atoms with van der Waals surface area (Å²) in [7, 11) is 1.69. The van der Waals surface area contributed by atoms with Crippen LogP contribution in [0.3, 0.4) is 0 Å². The Morgan fingerprint density at radius 1 is 0.806 bits per heavy atom. The molecule has 0 spiro atoms. The maximum atomic E-state index is 14.0. The number of methoxy groups -OCH3 is 1. The Kier molecular flexibility index (Phi) is 3.81. The lowest BCUT2D eigenvalue weighted by molar-refractivity contribution is -0.126. The van der Waals surface area contributed by atoms with Crippen LogP contribution in [0.5, 0.6) is 0 Å². The molecular formula is C27H23NO3. The highest BCUT2D eigenvalue weighted by Crippen LogP contribution is 2.65. The van der Waals surface area contributed by atoms with Crippen molar-refractivity contribution < 1.29 is 14.3 Å². The minimum Gasteiger partial charge on any atom is -0.380 e. The van der Waals surface area contributed by atoms with E-state index in [2.05, 4.69) is 24.3 Å². The Hall–Kier alpha value is -3.24. The third kappa shape index (κ3) is 2.08. The van der Waals surface area contributed by atoms with E-state index in [0.29, 0.717) is 5.69 Å². The second kappa shape index (κ2) is 6.38. The Balaban J connectivity index is 1.69. The number of nitrogens with zero attached hydrogens (tertiary/aromatic N) is 1. The summed E-state index contributed by atoms with van der Waals surface area (Å²) in [5.41, 5.74) is 4.44. The molecule has 3 aliphatic carbocycles. The van der Waals surface area contributed by atoms with E-state index in [1.54, 1.807) is 7.11 Å². The van der Waals surface area contributed by atoms with Crippen LogP contribution < -0.4 is 4.90 Å². The van der Waals surface area contributed by atoms with Crippen LogP contribution in [0.15, 0.2) is 78.9 Å². The van der Waals surface area contributed by atoms with E-state index < -0.39 is 17.3 Å². The van der Waals surface area contributed by atoms with Crippen molar-refractivity contribution in [3.05, 3.63) is 101 Å². The van der Waals surface area contributed by atoms with Crippen LogP contribution in [-0.4, -0.2) is 25.0 Å². The highest BCUT2D eigenvalue weighted by atomic mass is 16.5. The number of para-hydroxylation sites is 1. The molecule has 2 bridgehead atoms. The first kappa shape index (κ1) is 18.5. The summed E-state index contributed by atoms with van der Waals surface area (Å²) in [5, 5.41) is 0. The maximum absolute atomic E-state index is 14.0. The quantitative estimate of drug-likeness (QED) is 0.607. The molecule has 4 heteroatoms. The fourth-order valence-corrected chi connectivity index (χ4v) is 6.54. The van der Waals surface area contributed by atoms with Gasteiger partial charge in [-0.3, -0.25) is 9.59 Å². The molecule has 4 nitrogen and oxygen atoms in total. The van der Waals surface area contributed by atoms with Crippen molar-refractivity contribution >= 4 is 17.5 Å². The number of benzene rings is 3. The van der Waals surface area contributed by atoms with Crippen molar-refractivity contribution in [3.8, 4) is 0 Å². The fraction of sp³-hybridized carbons (Fsp3) is 0.259. The molecule has 1 heterocycles. The predicted molar refractivity (Wildman–Crippen MR) is 118 cm³/mol. The van der Waals surface area contributed by atoms with Crippen LogP contribution in [0.2, 0.25) is 0 Å². The fourth-order valence-electron chi connectivity index (χ4n) is 6.54. The minimum absolute atomic E-state index is 0.108. The molecule has 0 saturated carbocycles. The molecule has 0 unspecified atom stereocenters. The lowest BCUT2D eigenvalue weighted by Gasteiger charge is -2.56. The number of amides is 2. The molecule has 0 radical (unpaired) electrons. The van der Waals surface area contributed by atoms with Gasteiger partial charge in [-0.1, -0.05) is 66.7 Å². The zero-order chi connectivity index (χ0) is 21.3. The molecular weight excluding hydrogens is 386 g/mol. The number of carbonyl (C=O) groups excluding carboxylic acids is 2. The number of imide groups is 1. The van der Waals surface area contributed by atoms with Crippen LogP contribution >= 0.6 is 0 Å². The Morgan fingerprint density at radius 2 is 1.35 bits per heavy atom. The Bertz CT molecular complexity index is 1170. The monoisotopic (exact) mass is 409 g/mol. The van der Waals surface area contributed by atoms with Gasteiger partial charge in [0.2, 0.25) is 11.8 Å². The normalized spacial score (nSPS) is 28.8. The van der Waals surface area contributed by atoms with Gasteiger partial charge in [0.05, 0.1) is 29.0 Å². The number of ether oxygens (including phenoxy) is 1. The lowest BCUT2D eigenvalue weighted by Crippen LogP contribution is -2.59. The van der Waals surface area contributed by atoms with Crippen LogP contribution in [0, 0.1) is 11.8 Å². The molecule has 0 aromatic heterocycles. The summed E-state index contributed by atoms with van der Waals surface area (Å²) < 4.78 is 5.97. The molecule has 3 aromatic carbocycles. The molecule has 1 aliphatic heterocycles. The lowest BCUT2D eigenvalue weighted by atomic mass is 9.46. The number of hydrogen-bond acceptors (Lipinski definition) is 3. The van der Waals surface area contributed by atoms with Gasteiger partial charge >= 0.3 is 0 Å². The summed E-state index contributed by atoms with van der Waals surface area (Å²) in [4.78, 5) is 29.3. The van der Waals surface area contributed by atoms with Crippen molar-refractivity contribution in [2.75, 3.05) is 12.0 Å². The van der Waals surface area contributed by atoms with Crippen molar-refractivity contribution in [2.45, 2.75) is 24.4 Å². The first-order valence-corrected chi connectivity index (χ1v) is 10.8. The van der Waals surface area contributed by atoms with E-state index in [1.165, 1.54) is 4.90 Å². The van der Waals surface area contributed by atoms with E-state index in [4.69, 9.17) is 4.74 Å². The zero-order valence-electron chi connectivity index (χ0n) is 17.5. The predicted octanol–water partition coefficient (Wildman–Crippen LogP) is 4.27. The van der Waals surface area contributed by atoms with E-state index in [-0.39, 0.29) is 23.8 Å². The largest absolute Gasteiger partial charge is 0.380 e. The van der Waals surface area contributed by atoms with Gasteiger partial charge in [-0.15, -0.1) is 0 Å². The molecule has 4 aliphatic rings. The van der Waals surface area contributed by atoms with Gasteiger partial charge in [0.1, 0.15) is 0 Å².